The summed E-state index contributed by atoms with van der Waals surface area (Å²) in [5, 5.41) is 0. The minimum absolute atomic E-state index is 0.343. The van der Waals surface area contributed by atoms with Gasteiger partial charge in [0.1, 0.15) is 0 Å². The van der Waals surface area contributed by atoms with E-state index in [2.05, 4.69) is 14.3 Å². The maximum absolute atomic E-state index is 12.6. The fraction of sp³-hybridized carbons (Fsp3) is 0.667. The van der Waals surface area contributed by atoms with Crippen LogP contribution in [0.25, 0.3) is 0 Å². The second kappa shape index (κ2) is 5.43. The Morgan fingerprint density at radius 1 is 1.40 bits per heavy atom. The second-order valence-electron chi connectivity index (χ2n) is 4.97. The smallest absolute Gasteiger partial charge is 0.438 e. The number of carbonyl (C=O) groups excluding carboxylic acids is 1. The summed E-state index contributed by atoms with van der Waals surface area (Å²) in [5.41, 5.74) is -0.686. The number of halogens is 3. The molecule has 0 atom stereocenters. The number of alkyl halides is 3. The molecule has 20 heavy (non-hydrogen) atoms. The Morgan fingerprint density at radius 3 is 2.60 bits per heavy atom. The number of nitrogens with zero attached hydrogens (tertiary/aromatic N) is 3. The van der Waals surface area contributed by atoms with Crippen molar-refractivity contribution in [2.45, 2.75) is 25.1 Å². The van der Waals surface area contributed by atoms with Crippen LogP contribution in [0.5, 0.6) is 0 Å². The first kappa shape index (κ1) is 14.8. The zero-order valence-corrected chi connectivity index (χ0v) is 11.3. The lowest BCUT2D eigenvalue weighted by Crippen LogP contribution is -2.36. The maximum Gasteiger partial charge on any atom is 0.452 e. The Balaban J connectivity index is 1.97. The normalized spacial score (nSPS) is 15.7. The molecule has 1 saturated carbocycles. The number of oxazole rings is 1. The Morgan fingerprint density at radius 2 is 2.05 bits per heavy atom. The molecule has 8 heteroatoms. The van der Waals surface area contributed by atoms with Crippen LogP contribution in [0.4, 0.5) is 13.2 Å². The van der Waals surface area contributed by atoms with Gasteiger partial charge < -0.3 is 14.2 Å². The Labute approximate surface area is 114 Å². The lowest BCUT2D eigenvalue weighted by Gasteiger charge is -2.21. The first-order valence-electron chi connectivity index (χ1n) is 6.27. The van der Waals surface area contributed by atoms with Crippen LogP contribution in [-0.2, 0) is 6.18 Å². The van der Waals surface area contributed by atoms with Crippen LogP contribution in [0.2, 0.25) is 0 Å². The first-order valence-corrected chi connectivity index (χ1v) is 6.27. The zero-order valence-electron chi connectivity index (χ0n) is 11.3. The molecule has 1 aliphatic rings. The molecule has 1 aromatic rings. The molecule has 0 aliphatic heterocycles. The lowest BCUT2D eigenvalue weighted by molar-refractivity contribution is -0.153. The molecule has 0 unspecified atom stereocenters. The van der Waals surface area contributed by atoms with Crippen LogP contribution in [-0.4, -0.2) is 53.9 Å². The zero-order chi connectivity index (χ0) is 14.9. The summed E-state index contributed by atoms with van der Waals surface area (Å²) in [6, 6.07) is 0.538. The minimum Gasteiger partial charge on any atom is -0.438 e. The van der Waals surface area contributed by atoms with E-state index in [4.69, 9.17) is 0 Å². The third-order valence-corrected chi connectivity index (χ3v) is 3.33. The van der Waals surface area contributed by atoms with Crippen LogP contribution in [0.1, 0.15) is 29.1 Å². The van der Waals surface area contributed by atoms with Gasteiger partial charge in [-0.2, -0.15) is 13.2 Å². The maximum atomic E-state index is 12.6. The number of aromatic nitrogens is 1. The van der Waals surface area contributed by atoms with Gasteiger partial charge in [0.05, 0.1) is 0 Å². The molecule has 0 aromatic carbocycles. The van der Waals surface area contributed by atoms with E-state index in [0.717, 1.165) is 12.8 Å². The quantitative estimate of drug-likeness (QED) is 0.831. The Bertz CT molecular complexity index is 483. The van der Waals surface area contributed by atoms with E-state index >= 15 is 0 Å². The number of hydrogen-bond donors (Lipinski definition) is 0. The summed E-state index contributed by atoms with van der Waals surface area (Å²) >= 11 is 0. The Kier molecular flexibility index (Phi) is 4.03. The second-order valence-corrected chi connectivity index (χ2v) is 4.97. The van der Waals surface area contributed by atoms with Gasteiger partial charge in [-0.3, -0.25) is 4.79 Å². The van der Waals surface area contributed by atoms with Gasteiger partial charge in [-0.1, -0.05) is 0 Å². The highest BCUT2D eigenvalue weighted by Gasteiger charge is 2.41. The van der Waals surface area contributed by atoms with Crippen LogP contribution >= 0.6 is 0 Å². The SMILES string of the molecule is CN(CCN(C)C1CC1)C(=O)c1ncoc1C(F)(F)F. The molecule has 5 nitrogen and oxygen atoms in total. The van der Waals surface area contributed by atoms with E-state index in [1.54, 1.807) is 0 Å². The van der Waals surface area contributed by atoms with Crippen LogP contribution in [0.3, 0.4) is 0 Å². The van der Waals surface area contributed by atoms with Crippen molar-refractivity contribution < 1.29 is 22.4 Å². The van der Waals surface area contributed by atoms with Gasteiger partial charge in [0.25, 0.3) is 5.91 Å². The monoisotopic (exact) mass is 291 g/mol. The molecule has 0 N–H and O–H groups in total. The molecule has 1 aliphatic carbocycles. The number of amides is 1. The molecule has 2 rings (SSSR count). The molecule has 0 radical (unpaired) electrons. The van der Waals surface area contributed by atoms with E-state index in [-0.39, 0.29) is 0 Å². The lowest BCUT2D eigenvalue weighted by atomic mass is 10.3. The predicted octanol–water partition coefficient (Wildman–Crippen LogP) is 1.86. The van der Waals surface area contributed by atoms with Gasteiger partial charge in [0, 0.05) is 26.2 Å². The summed E-state index contributed by atoms with van der Waals surface area (Å²) in [6.07, 6.45) is -1.81. The van der Waals surface area contributed by atoms with Crippen molar-refractivity contribution in [1.29, 1.82) is 0 Å². The van der Waals surface area contributed by atoms with Crippen molar-refractivity contribution in [3.63, 3.8) is 0 Å². The van der Waals surface area contributed by atoms with Crippen molar-refractivity contribution in [3.8, 4) is 0 Å². The number of hydrogen-bond acceptors (Lipinski definition) is 4. The molecular weight excluding hydrogens is 275 g/mol. The van der Waals surface area contributed by atoms with E-state index in [9.17, 15) is 18.0 Å². The molecular formula is C12H16F3N3O2. The van der Waals surface area contributed by atoms with Crippen molar-refractivity contribution in [3.05, 3.63) is 17.8 Å². The van der Waals surface area contributed by atoms with Gasteiger partial charge in [-0.25, -0.2) is 4.98 Å². The third-order valence-electron chi connectivity index (χ3n) is 3.33. The Hall–Kier alpha value is -1.57. The molecule has 1 fully saturated rings. The average Bonchev–Trinajstić information content (AvgIpc) is 3.09. The molecule has 1 amide bonds. The van der Waals surface area contributed by atoms with Crippen LogP contribution < -0.4 is 0 Å². The average molecular weight is 291 g/mol. The van der Waals surface area contributed by atoms with E-state index in [1.165, 1.54) is 11.9 Å². The number of carbonyl (C=O) groups is 1. The van der Waals surface area contributed by atoms with E-state index in [1.807, 2.05) is 7.05 Å². The van der Waals surface area contributed by atoms with Crippen LogP contribution in [0, 0.1) is 0 Å². The van der Waals surface area contributed by atoms with Gasteiger partial charge >= 0.3 is 6.18 Å². The molecule has 0 spiro atoms. The highest BCUT2D eigenvalue weighted by molar-refractivity contribution is 5.93. The fourth-order valence-corrected chi connectivity index (χ4v) is 1.89. The summed E-state index contributed by atoms with van der Waals surface area (Å²) < 4.78 is 42.1. The highest BCUT2D eigenvalue weighted by Crippen LogP contribution is 2.32. The summed E-state index contributed by atoms with van der Waals surface area (Å²) in [5.74, 6) is -2.12. The first-order chi connectivity index (χ1) is 9.30. The van der Waals surface area contributed by atoms with Crippen LogP contribution in [0.15, 0.2) is 10.8 Å². The number of likely N-dealkylation sites (N-methyl/N-ethyl adjacent to an activating group) is 2. The standard InChI is InChI=1S/C12H16F3N3O2/c1-17(8-3-4-8)5-6-18(2)11(19)9-10(12(13,14)15)20-7-16-9/h7-8H,3-6H2,1-2H3. The molecule has 0 saturated heterocycles. The third kappa shape index (κ3) is 3.30. The van der Waals surface area contributed by atoms with Gasteiger partial charge in [0.2, 0.25) is 5.76 Å². The fourth-order valence-electron chi connectivity index (χ4n) is 1.89. The van der Waals surface area contributed by atoms with E-state index in [0.29, 0.717) is 25.5 Å². The number of rotatable bonds is 5. The van der Waals surface area contributed by atoms with Crippen molar-refractivity contribution in [2.24, 2.45) is 0 Å². The summed E-state index contributed by atoms with van der Waals surface area (Å²) in [7, 11) is 3.39. The molecule has 0 bridgehead atoms. The van der Waals surface area contributed by atoms with E-state index < -0.39 is 23.5 Å². The minimum atomic E-state index is -4.72. The topological polar surface area (TPSA) is 49.6 Å². The predicted molar refractivity (Wildman–Crippen MR) is 64.1 cm³/mol. The van der Waals surface area contributed by atoms with Crippen molar-refractivity contribution >= 4 is 5.91 Å². The largest absolute Gasteiger partial charge is 0.452 e. The molecule has 112 valence electrons. The van der Waals surface area contributed by atoms with Crippen molar-refractivity contribution in [1.82, 2.24) is 14.8 Å². The summed E-state index contributed by atoms with van der Waals surface area (Å²) in [4.78, 5) is 18.7. The van der Waals surface area contributed by atoms with Crippen molar-refractivity contribution in [2.75, 3.05) is 27.2 Å². The van der Waals surface area contributed by atoms with Gasteiger partial charge in [-0.05, 0) is 19.9 Å². The highest BCUT2D eigenvalue weighted by atomic mass is 19.4. The molecule has 1 aromatic heterocycles. The summed E-state index contributed by atoms with van der Waals surface area (Å²) in [6.45, 7) is 0.960. The van der Waals surface area contributed by atoms with Gasteiger partial charge in [0.15, 0.2) is 12.1 Å². The van der Waals surface area contributed by atoms with Gasteiger partial charge in [-0.15, -0.1) is 0 Å². The molecule has 1 heterocycles.